The summed E-state index contributed by atoms with van der Waals surface area (Å²) in [6, 6.07) is 21.4. The summed E-state index contributed by atoms with van der Waals surface area (Å²) in [5.74, 6) is 0.852. The zero-order valence-corrected chi connectivity index (χ0v) is 22.2. The van der Waals surface area contributed by atoms with Crippen LogP contribution in [0.5, 0.6) is 5.75 Å². The molecule has 0 amide bonds. The molecule has 2 aromatic carbocycles. The quantitative estimate of drug-likeness (QED) is 0.433. The highest BCUT2D eigenvalue weighted by Gasteiger charge is 2.15. The van der Waals surface area contributed by atoms with Crippen molar-refractivity contribution >= 4 is 11.4 Å². The van der Waals surface area contributed by atoms with Crippen LogP contribution in [-0.4, -0.2) is 94.4 Å². The minimum atomic E-state index is 0.852. The highest BCUT2D eigenvalue weighted by atomic mass is 16.5. The van der Waals surface area contributed by atoms with Crippen LogP contribution in [0, 0.1) is 0 Å². The van der Waals surface area contributed by atoms with Crippen molar-refractivity contribution in [1.82, 2.24) is 20.1 Å². The summed E-state index contributed by atoms with van der Waals surface area (Å²) in [5, 5.41) is 7.10. The van der Waals surface area contributed by atoms with Gasteiger partial charge in [0.1, 0.15) is 5.75 Å². The molecule has 196 valence electrons. The lowest BCUT2D eigenvalue weighted by molar-refractivity contribution is 0.240. The number of aromatic nitrogens is 1. The fourth-order valence-corrected chi connectivity index (χ4v) is 5.07. The molecule has 7 heteroatoms. The zero-order valence-electron chi connectivity index (χ0n) is 22.2. The number of hydrogen-bond acceptors (Lipinski definition) is 7. The number of pyridine rings is 1. The van der Waals surface area contributed by atoms with E-state index in [1.807, 2.05) is 12.1 Å². The van der Waals surface area contributed by atoms with Crippen LogP contribution in [0.4, 0.5) is 11.4 Å². The number of nitrogens with one attached hydrogen (secondary N) is 2. The third-order valence-electron chi connectivity index (χ3n) is 7.43. The molecular formula is C30H40N6O. The Bertz CT molecular complexity index is 1120. The maximum atomic E-state index is 5.36. The lowest BCUT2D eigenvalue weighted by Crippen LogP contribution is -2.44. The second kappa shape index (κ2) is 12.4. The Morgan fingerprint density at radius 1 is 0.838 bits per heavy atom. The van der Waals surface area contributed by atoms with Gasteiger partial charge in [-0.25, -0.2) is 4.98 Å². The molecule has 2 saturated heterocycles. The molecule has 0 bridgehead atoms. The Morgan fingerprint density at radius 2 is 1.46 bits per heavy atom. The molecule has 0 radical (unpaired) electrons. The Labute approximate surface area is 221 Å². The largest absolute Gasteiger partial charge is 0.497 e. The lowest BCUT2D eigenvalue weighted by Gasteiger charge is -2.34. The molecule has 0 unspecified atom stereocenters. The topological polar surface area (TPSA) is 55.9 Å². The first-order valence-corrected chi connectivity index (χ1v) is 13.6. The van der Waals surface area contributed by atoms with E-state index < -0.39 is 0 Å². The fourth-order valence-electron chi connectivity index (χ4n) is 5.07. The third-order valence-corrected chi connectivity index (χ3v) is 7.43. The van der Waals surface area contributed by atoms with Crippen LogP contribution >= 0.6 is 0 Å². The molecule has 2 aliphatic rings. The van der Waals surface area contributed by atoms with Crippen molar-refractivity contribution in [2.45, 2.75) is 6.42 Å². The number of nitrogens with zero attached hydrogens (tertiary/aromatic N) is 4. The summed E-state index contributed by atoms with van der Waals surface area (Å²) in [5.41, 5.74) is 6.57. The molecule has 0 atom stereocenters. The average Bonchev–Trinajstić information content (AvgIpc) is 2.96. The summed E-state index contributed by atoms with van der Waals surface area (Å²) >= 11 is 0. The van der Waals surface area contributed by atoms with Gasteiger partial charge in [0.05, 0.1) is 18.5 Å². The van der Waals surface area contributed by atoms with E-state index in [1.165, 1.54) is 5.69 Å². The number of likely N-dealkylation sites (N-methyl/N-ethyl adjacent to an activating group) is 1. The Hall–Kier alpha value is -3.13. The normalized spacial score (nSPS) is 17.1. The highest BCUT2D eigenvalue weighted by Crippen LogP contribution is 2.29. The number of hydrogen-bond donors (Lipinski definition) is 2. The maximum Gasteiger partial charge on any atom is 0.118 e. The van der Waals surface area contributed by atoms with E-state index in [1.54, 1.807) is 7.11 Å². The Balaban J connectivity index is 1.33. The van der Waals surface area contributed by atoms with Crippen LogP contribution in [0.2, 0.25) is 0 Å². The van der Waals surface area contributed by atoms with Crippen molar-refractivity contribution in [3.8, 4) is 28.3 Å². The highest BCUT2D eigenvalue weighted by molar-refractivity contribution is 5.73. The second-order valence-electron chi connectivity index (χ2n) is 10.1. The molecule has 5 rings (SSSR count). The number of anilines is 2. The Morgan fingerprint density at radius 3 is 2.08 bits per heavy atom. The monoisotopic (exact) mass is 500 g/mol. The summed E-state index contributed by atoms with van der Waals surface area (Å²) < 4.78 is 5.36. The third kappa shape index (κ3) is 6.80. The first kappa shape index (κ1) is 25.5. The van der Waals surface area contributed by atoms with Crippen molar-refractivity contribution in [1.29, 1.82) is 0 Å². The molecule has 37 heavy (non-hydrogen) atoms. The van der Waals surface area contributed by atoms with Gasteiger partial charge in [-0.3, -0.25) is 0 Å². The van der Waals surface area contributed by atoms with Gasteiger partial charge in [0.25, 0.3) is 0 Å². The van der Waals surface area contributed by atoms with Gasteiger partial charge in [0, 0.05) is 81.4 Å². The molecule has 0 spiro atoms. The van der Waals surface area contributed by atoms with Crippen molar-refractivity contribution in [3.63, 3.8) is 0 Å². The predicted molar refractivity (Wildman–Crippen MR) is 154 cm³/mol. The van der Waals surface area contributed by atoms with Gasteiger partial charge < -0.3 is 30.1 Å². The number of rotatable bonds is 9. The molecule has 1 aromatic heterocycles. The zero-order chi connectivity index (χ0) is 25.5. The fraction of sp³-hybridized carbons (Fsp3) is 0.433. The van der Waals surface area contributed by atoms with Gasteiger partial charge in [-0.05, 0) is 68.5 Å². The summed E-state index contributed by atoms with van der Waals surface area (Å²) in [7, 11) is 3.89. The van der Waals surface area contributed by atoms with Gasteiger partial charge in [0.15, 0.2) is 0 Å². The summed E-state index contributed by atoms with van der Waals surface area (Å²) in [6.07, 6.45) is 1.12. The second-order valence-corrected chi connectivity index (χ2v) is 10.1. The molecular weight excluding hydrogens is 460 g/mol. The standard InChI is InChI=1S/C30H40N6O/c1-34-18-20-36(21-19-34)27-8-4-24(5-9-27)29-22-26(32-12-3-15-35-16-13-31-14-17-35)23-30(33-29)25-6-10-28(37-2)11-7-25/h4-11,22-23,31H,3,12-21H2,1-2H3,(H,32,33). The molecule has 3 heterocycles. The van der Waals surface area contributed by atoms with Crippen molar-refractivity contribution < 1.29 is 4.74 Å². The molecule has 3 aromatic rings. The van der Waals surface area contributed by atoms with Crippen LogP contribution in [-0.2, 0) is 0 Å². The van der Waals surface area contributed by atoms with Crippen molar-refractivity contribution in [2.24, 2.45) is 0 Å². The van der Waals surface area contributed by atoms with Crippen molar-refractivity contribution in [3.05, 3.63) is 60.7 Å². The Kier molecular flexibility index (Phi) is 8.56. The number of piperazine rings is 2. The van der Waals surface area contributed by atoms with E-state index in [2.05, 4.69) is 80.9 Å². The van der Waals surface area contributed by atoms with Gasteiger partial charge in [-0.15, -0.1) is 0 Å². The maximum absolute atomic E-state index is 5.36. The van der Waals surface area contributed by atoms with Gasteiger partial charge in [-0.2, -0.15) is 0 Å². The van der Waals surface area contributed by atoms with Gasteiger partial charge >= 0.3 is 0 Å². The first-order chi connectivity index (χ1) is 18.2. The minimum Gasteiger partial charge on any atom is -0.497 e. The number of methoxy groups -OCH3 is 1. The van der Waals surface area contributed by atoms with E-state index in [-0.39, 0.29) is 0 Å². The van der Waals surface area contributed by atoms with Crippen LogP contribution in [0.15, 0.2) is 60.7 Å². The van der Waals surface area contributed by atoms with E-state index >= 15 is 0 Å². The molecule has 7 nitrogen and oxygen atoms in total. The minimum absolute atomic E-state index is 0.852. The molecule has 2 fully saturated rings. The van der Waals surface area contributed by atoms with E-state index in [0.29, 0.717) is 0 Å². The van der Waals surface area contributed by atoms with Crippen LogP contribution in [0.1, 0.15) is 6.42 Å². The summed E-state index contributed by atoms with van der Waals surface area (Å²) in [4.78, 5) is 12.5. The smallest absolute Gasteiger partial charge is 0.118 e. The van der Waals surface area contributed by atoms with E-state index in [0.717, 1.165) is 106 Å². The predicted octanol–water partition coefficient (Wildman–Crippen LogP) is 3.88. The van der Waals surface area contributed by atoms with Crippen LogP contribution in [0.25, 0.3) is 22.5 Å². The first-order valence-electron chi connectivity index (χ1n) is 13.6. The van der Waals surface area contributed by atoms with E-state index in [9.17, 15) is 0 Å². The van der Waals surface area contributed by atoms with Gasteiger partial charge in [0.2, 0.25) is 0 Å². The van der Waals surface area contributed by atoms with Crippen molar-refractivity contribution in [2.75, 3.05) is 89.8 Å². The number of ether oxygens (including phenoxy) is 1. The lowest BCUT2D eigenvalue weighted by atomic mass is 10.1. The molecule has 2 N–H and O–H groups in total. The van der Waals surface area contributed by atoms with E-state index in [4.69, 9.17) is 9.72 Å². The van der Waals surface area contributed by atoms with Gasteiger partial charge in [-0.1, -0.05) is 12.1 Å². The summed E-state index contributed by atoms with van der Waals surface area (Å²) in [6.45, 7) is 10.9. The number of benzene rings is 2. The molecule has 0 aliphatic carbocycles. The van der Waals surface area contributed by atoms with Crippen LogP contribution in [0.3, 0.4) is 0 Å². The molecule has 0 saturated carbocycles. The van der Waals surface area contributed by atoms with Crippen LogP contribution < -0.4 is 20.3 Å². The average molecular weight is 501 g/mol. The SMILES string of the molecule is COc1ccc(-c2cc(NCCCN3CCNCC3)cc(-c3ccc(N4CCN(C)CC4)cc3)n2)cc1. The molecule has 2 aliphatic heterocycles.